The van der Waals surface area contributed by atoms with E-state index >= 15 is 0 Å². The maximum absolute atomic E-state index is 5.94. The molecular weight excluding hydrogens is 266 g/mol. The maximum Gasteiger partial charge on any atom is 0.0406 e. The van der Waals surface area contributed by atoms with Crippen molar-refractivity contribution in [3.63, 3.8) is 0 Å². The molecule has 1 nitrogen and oxygen atoms in total. The number of nitrogens with one attached hydrogen (secondary N) is 1. The monoisotopic (exact) mass is 285 g/mol. The lowest BCUT2D eigenvalue weighted by Crippen LogP contribution is -2.25. The Morgan fingerprint density at radius 3 is 2.65 bits per heavy atom. The van der Waals surface area contributed by atoms with Gasteiger partial charge in [-0.05, 0) is 61.4 Å². The predicted octanol–water partition coefficient (Wildman–Crippen LogP) is 4.78. The minimum atomic E-state index is 0.657. The number of rotatable bonds is 2. The van der Waals surface area contributed by atoms with Crippen molar-refractivity contribution < 1.29 is 0 Å². The fourth-order valence-corrected chi connectivity index (χ4v) is 3.32. The molecule has 1 N–H and O–H groups in total. The standard InChI is InChI=1S/C18H20ClN/c1-12-7-13(2)18-16(8-12)10-15(11-20-18)9-14-3-5-17(19)6-4-14/h3-8,15,20H,9-11H2,1-2H3. The molecular formula is C18H20ClN. The highest BCUT2D eigenvalue weighted by Gasteiger charge is 2.20. The van der Waals surface area contributed by atoms with Gasteiger partial charge in [0.15, 0.2) is 0 Å². The van der Waals surface area contributed by atoms with E-state index in [0.717, 1.165) is 24.4 Å². The summed E-state index contributed by atoms with van der Waals surface area (Å²) < 4.78 is 0. The van der Waals surface area contributed by atoms with E-state index in [9.17, 15) is 0 Å². The van der Waals surface area contributed by atoms with Gasteiger partial charge in [-0.2, -0.15) is 0 Å². The first kappa shape index (κ1) is 13.5. The second kappa shape index (κ2) is 5.49. The summed E-state index contributed by atoms with van der Waals surface area (Å²) >= 11 is 5.94. The van der Waals surface area contributed by atoms with E-state index in [4.69, 9.17) is 11.6 Å². The van der Waals surface area contributed by atoms with Crippen LogP contribution in [0.15, 0.2) is 36.4 Å². The summed E-state index contributed by atoms with van der Waals surface area (Å²) in [5.41, 5.74) is 6.91. The molecule has 1 aliphatic rings. The first-order valence-electron chi connectivity index (χ1n) is 7.20. The molecule has 0 bridgehead atoms. The van der Waals surface area contributed by atoms with Crippen LogP contribution in [0.1, 0.15) is 22.3 Å². The fraction of sp³-hybridized carbons (Fsp3) is 0.333. The van der Waals surface area contributed by atoms with E-state index in [0.29, 0.717) is 5.92 Å². The fourth-order valence-electron chi connectivity index (χ4n) is 3.20. The number of hydrogen-bond acceptors (Lipinski definition) is 1. The van der Waals surface area contributed by atoms with Gasteiger partial charge in [0, 0.05) is 17.3 Å². The molecule has 2 aromatic rings. The van der Waals surface area contributed by atoms with E-state index < -0.39 is 0 Å². The number of halogens is 1. The van der Waals surface area contributed by atoms with Crippen molar-refractivity contribution >= 4 is 17.3 Å². The van der Waals surface area contributed by atoms with E-state index in [1.54, 1.807) is 0 Å². The molecule has 0 amide bonds. The maximum atomic E-state index is 5.94. The summed E-state index contributed by atoms with van der Waals surface area (Å²) in [6.45, 7) is 5.42. The van der Waals surface area contributed by atoms with Crippen molar-refractivity contribution in [3.8, 4) is 0 Å². The van der Waals surface area contributed by atoms with Crippen molar-refractivity contribution in [2.75, 3.05) is 11.9 Å². The highest BCUT2D eigenvalue weighted by molar-refractivity contribution is 6.30. The molecule has 1 heterocycles. The van der Waals surface area contributed by atoms with Crippen LogP contribution in [0, 0.1) is 19.8 Å². The van der Waals surface area contributed by atoms with Gasteiger partial charge in [0.05, 0.1) is 0 Å². The Morgan fingerprint density at radius 2 is 1.90 bits per heavy atom. The molecule has 1 atom stereocenters. The third-order valence-corrected chi connectivity index (χ3v) is 4.33. The Hall–Kier alpha value is -1.47. The third-order valence-electron chi connectivity index (χ3n) is 4.08. The van der Waals surface area contributed by atoms with E-state index in [2.05, 4.69) is 43.4 Å². The van der Waals surface area contributed by atoms with Gasteiger partial charge in [-0.25, -0.2) is 0 Å². The molecule has 1 unspecified atom stereocenters. The van der Waals surface area contributed by atoms with Crippen LogP contribution in [0.2, 0.25) is 5.02 Å². The highest BCUT2D eigenvalue weighted by Crippen LogP contribution is 2.30. The van der Waals surface area contributed by atoms with E-state index in [1.807, 2.05) is 12.1 Å². The summed E-state index contributed by atoms with van der Waals surface area (Å²) in [6.07, 6.45) is 2.27. The quantitative estimate of drug-likeness (QED) is 0.837. The van der Waals surface area contributed by atoms with Crippen LogP contribution in [0.5, 0.6) is 0 Å². The molecule has 0 saturated heterocycles. The molecule has 0 radical (unpaired) electrons. The Kier molecular flexibility index (Phi) is 3.71. The second-order valence-electron chi connectivity index (χ2n) is 5.90. The number of hydrogen-bond donors (Lipinski definition) is 1. The lowest BCUT2D eigenvalue weighted by molar-refractivity contribution is 0.534. The molecule has 104 valence electrons. The van der Waals surface area contributed by atoms with Gasteiger partial charge >= 0.3 is 0 Å². The first-order chi connectivity index (χ1) is 9.61. The Labute approximate surface area is 126 Å². The molecule has 0 saturated carbocycles. The molecule has 0 fully saturated rings. The summed E-state index contributed by atoms with van der Waals surface area (Å²) in [5, 5.41) is 4.43. The van der Waals surface area contributed by atoms with Crippen LogP contribution < -0.4 is 5.32 Å². The molecule has 20 heavy (non-hydrogen) atoms. The average molecular weight is 286 g/mol. The number of aryl methyl sites for hydroxylation is 2. The van der Waals surface area contributed by atoms with Crippen molar-refractivity contribution in [1.82, 2.24) is 0 Å². The topological polar surface area (TPSA) is 12.0 Å². The normalized spacial score (nSPS) is 17.4. The highest BCUT2D eigenvalue weighted by atomic mass is 35.5. The molecule has 3 rings (SSSR count). The predicted molar refractivity (Wildman–Crippen MR) is 86.8 cm³/mol. The molecule has 0 spiro atoms. The van der Waals surface area contributed by atoms with Crippen LogP contribution in [0.3, 0.4) is 0 Å². The van der Waals surface area contributed by atoms with Gasteiger partial charge in [-0.3, -0.25) is 0 Å². The lowest BCUT2D eigenvalue weighted by atomic mass is 9.87. The van der Waals surface area contributed by atoms with Crippen LogP contribution in [0.25, 0.3) is 0 Å². The second-order valence-corrected chi connectivity index (χ2v) is 6.33. The Balaban J connectivity index is 1.77. The van der Waals surface area contributed by atoms with E-state index in [-0.39, 0.29) is 0 Å². The number of fused-ring (bicyclic) bond motifs is 1. The van der Waals surface area contributed by atoms with Crippen LogP contribution in [0.4, 0.5) is 5.69 Å². The van der Waals surface area contributed by atoms with Gasteiger partial charge in [0.2, 0.25) is 0 Å². The van der Waals surface area contributed by atoms with Crippen LogP contribution >= 0.6 is 11.6 Å². The van der Waals surface area contributed by atoms with E-state index in [1.165, 1.54) is 27.9 Å². The van der Waals surface area contributed by atoms with Gasteiger partial charge in [0.25, 0.3) is 0 Å². The first-order valence-corrected chi connectivity index (χ1v) is 7.58. The van der Waals surface area contributed by atoms with Gasteiger partial charge in [-0.1, -0.05) is 41.4 Å². The number of anilines is 1. The van der Waals surface area contributed by atoms with Gasteiger partial charge in [-0.15, -0.1) is 0 Å². The summed E-state index contributed by atoms with van der Waals surface area (Å²) in [6, 6.07) is 12.8. The average Bonchev–Trinajstić information content (AvgIpc) is 2.41. The molecule has 2 aromatic carbocycles. The Morgan fingerprint density at radius 1 is 1.15 bits per heavy atom. The Bertz CT molecular complexity index is 616. The smallest absolute Gasteiger partial charge is 0.0406 e. The molecule has 0 aliphatic carbocycles. The van der Waals surface area contributed by atoms with Crippen molar-refractivity contribution in [1.29, 1.82) is 0 Å². The SMILES string of the molecule is Cc1cc(C)c2c(c1)CC(Cc1ccc(Cl)cc1)CN2. The van der Waals surface area contributed by atoms with Crippen molar-refractivity contribution in [2.45, 2.75) is 26.7 Å². The summed E-state index contributed by atoms with van der Waals surface area (Å²) in [5.74, 6) is 0.657. The van der Waals surface area contributed by atoms with Crippen molar-refractivity contribution in [3.05, 3.63) is 63.7 Å². The largest absolute Gasteiger partial charge is 0.384 e. The molecule has 0 aromatic heterocycles. The number of benzene rings is 2. The zero-order valence-electron chi connectivity index (χ0n) is 12.0. The van der Waals surface area contributed by atoms with Crippen LogP contribution in [-0.2, 0) is 12.8 Å². The van der Waals surface area contributed by atoms with Crippen LogP contribution in [-0.4, -0.2) is 6.54 Å². The van der Waals surface area contributed by atoms with Crippen molar-refractivity contribution in [2.24, 2.45) is 5.92 Å². The third kappa shape index (κ3) is 2.83. The zero-order chi connectivity index (χ0) is 14.1. The summed E-state index contributed by atoms with van der Waals surface area (Å²) in [7, 11) is 0. The zero-order valence-corrected chi connectivity index (χ0v) is 12.8. The van der Waals surface area contributed by atoms with Gasteiger partial charge in [0.1, 0.15) is 0 Å². The summed E-state index contributed by atoms with van der Waals surface area (Å²) in [4.78, 5) is 0. The minimum Gasteiger partial charge on any atom is -0.384 e. The lowest BCUT2D eigenvalue weighted by Gasteiger charge is -2.28. The minimum absolute atomic E-state index is 0.657. The van der Waals surface area contributed by atoms with Gasteiger partial charge < -0.3 is 5.32 Å². The molecule has 2 heteroatoms. The molecule has 1 aliphatic heterocycles.